The van der Waals surface area contributed by atoms with E-state index in [9.17, 15) is 0 Å². The Hall–Kier alpha value is -1.60. The van der Waals surface area contributed by atoms with E-state index in [-0.39, 0.29) is 5.60 Å². The molecule has 20 heavy (non-hydrogen) atoms. The number of rotatable bonds is 2. The lowest BCUT2D eigenvalue weighted by Gasteiger charge is -2.43. The lowest BCUT2D eigenvalue weighted by molar-refractivity contribution is -0.103. The zero-order chi connectivity index (χ0) is 13.8. The van der Waals surface area contributed by atoms with Gasteiger partial charge in [0, 0.05) is 18.8 Å². The Balaban J connectivity index is 1.63. The van der Waals surface area contributed by atoms with Gasteiger partial charge in [0.05, 0.1) is 11.2 Å². The van der Waals surface area contributed by atoms with E-state index in [2.05, 4.69) is 16.4 Å². The number of pyridine rings is 1. The highest BCUT2D eigenvalue weighted by Crippen LogP contribution is 2.39. The van der Waals surface area contributed by atoms with Crippen LogP contribution in [0.3, 0.4) is 0 Å². The molecule has 0 amide bonds. The van der Waals surface area contributed by atoms with Gasteiger partial charge in [-0.1, -0.05) is 19.3 Å². The third kappa shape index (κ3) is 2.94. The van der Waals surface area contributed by atoms with E-state index in [4.69, 9.17) is 10.00 Å². The number of nitriles is 1. The Bertz CT molecular complexity index is 480. The van der Waals surface area contributed by atoms with Gasteiger partial charge in [-0.3, -0.25) is 0 Å². The van der Waals surface area contributed by atoms with Gasteiger partial charge in [-0.15, -0.1) is 0 Å². The Morgan fingerprint density at radius 1 is 1.30 bits per heavy atom. The fraction of sp³-hybridized carbons (Fsp3) is 0.625. The minimum Gasteiger partial charge on any atom is -0.375 e. The maximum atomic E-state index is 8.79. The predicted molar refractivity (Wildman–Crippen MR) is 77.4 cm³/mol. The normalized spacial score (nSPS) is 25.1. The summed E-state index contributed by atoms with van der Waals surface area (Å²) in [5.74, 6) is 0.863. The molecule has 1 spiro atoms. The van der Waals surface area contributed by atoms with Crippen molar-refractivity contribution in [3.05, 3.63) is 23.9 Å². The van der Waals surface area contributed by atoms with Crippen molar-refractivity contribution in [3.63, 3.8) is 0 Å². The molecule has 1 saturated heterocycles. The summed E-state index contributed by atoms with van der Waals surface area (Å²) in [6.07, 6.45) is 10.1. The molecule has 1 aromatic heterocycles. The van der Waals surface area contributed by atoms with Crippen molar-refractivity contribution < 1.29 is 4.74 Å². The van der Waals surface area contributed by atoms with Gasteiger partial charge in [0.2, 0.25) is 0 Å². The van der Waals surface area contributed by atoms with E-state index < -0.39 is 0 Å². The quantitative estimate of drug-likeness (QED) is 0.897. The second-order valence-electron chi connectivity index (χ2n) is 5.97. The number of nitrogens with zero attached hydrogens (tertiary/aromatic N) is 2. The molecule has 2 heterocycles. The molecule has 1 aliphatic heterocycles. The number of nitrogens with one attached hydrogen (secondary N) is 1. The summed E-state index contributed by atoms with van der Waals surface area (Å²) in [7, 11) is 0. The average molecular weight is 271 g/mol. The summed E-state index contributed by atoms with van der Waals surface area (Å²) in [5, 5.41) is 12.3. The number of hydrogen-bond acceptors (Lipinski definition) is 4. The third-order valence-electron chi connectivity index (χ3n) is 4.50. The topological polar surface area (TPSA) is 57.9 Å². The first kappa shape index (κ1) is 13.4. The van der Waals surface area contributed by atoms with Crippen LogP contribution >= 0.6 is 0 Å². The molecule has 0 aromatic carbocycles. The summed E-state index contributed by atoms with van der Waals surface area (Å²) in [5.41, 5.74) is 0.715. The molecule has 1 atom stereocenters. The zero-order valence-electron chi connectivity index (χ0n) is 11.8. The summed E-state index contributed by atoms with van der Waals surface area (Å²) in [6, 6.07) is 6.23. The lowest BCUT2D eigenvalue weighted by Crippen LogP contribution is -2.45. The molecule has 0 bridgehead atoms. The molecule has 1 N–H and O–H groups in total. The van der Waals surface area contributed by atoms with Crippen molar-refractivity contribution in [2.45, 2.75) is 56.6 Å². The Morgan fingerprint density at radius 3 is 2.85 bits per heavy atom. The van der Waals surface area contributed by atoms with E-state index >= 15 is 0 Å². The molecule has 2 aliphatic rings. The van der Waals surface area contributed by atoms with Crippen LogP contribution in [0.5, 0.6) is 0 Å². The maximum absolute atomic E-state index is 8.79. The van der Waals surface area contributed by atoms with Crippen LogP contribution < -0.4 is 5.32 Å². The Labute approximate surface area is 120 Å². The molecular weight excluding hydrogens is 250 g/mol. The van der Waals surface area contributed by atoms with Gasteiger partial charge in [0.25, 0.3) is 0 Å². The van der Waals surface area contributed by atoms with Gasteiger partial charge < -0.3 is 10.1 Å². The van der Waals surface area contributed by atoms with Crippen LogP contribution in [0.4, 0.5) is 5.82 Å². The van der Waals surface area contributed by atoms with Crippen LogP contribution in [0.15, 0.2) is 18.3 Å². The fourth-order valence-electron chi connectivity index (χ4n) is 3.45. The Morgan fingerprint density at radius 2 is 2.15 bits per heavy atom. The van der Waals surface area contributed by atoms with Crippen LogP contribution in [0, 0.1) is 11.3 Å². The number of anilines is 1. The SMILES string of the molecule is N#Cc1ccc(N[C@@H]2CCOC3(CCCCC3)C2)nc1. The van der Waals surface area contributed by atoms with Gasteiger partial charge in [0.15, 0.2) is 0 Å². The first-order valence-electron chi connectivity index (χ1n) is 7.56. The van der Waals surface area contributed by atoms with E-state index in [0.29, 0.717) is 11.6 Å². The van der Waals surface area contributed by atoms with E-state index in [1.54, 1.807) is 6.20 Å². The minimum absolute atomic E-state index is 0.112. The van der Waals surface area contributed by atoms with E-state index in [1.165, 1.54) is 32.1 Å². The van der Waals surface area contributed by atoms with E-state index in [1.807, 2.05) is 12.1 Å². The highest BCUT2D eigenvalue weighted by atomic mass is 16.5. The molecule has 3 rings (SSSR count). The molecule has 2 fully saturated rings. The molecule has 106 valence electrons. The van der Waals surface area contributed by atoms with Crippen molar-refractivity contribution in [1.82, 2.24) is 4.98 Å². The molecule has 1 saturated carbocycles. The molecule has 1 aromatic rings. The van der Waals surface area contributed by atoms with Crippen molar-refractivity contribution in [2.24, 2.45) is 0 Å². The minimum atomic E-state index is 0.112. The first-order valence-corrected chi connectivity index (χ1v) is 7.56. The molecule has 4 heteroatoms. The van der Waals surface area contributed by atoms with Gasteiger partial charge in [-0.05, 0) is 37.8 Å². The fourth-order valence-corrected chi connectivity index (χ4v) is 3.45. The van der Waals surface area contributed by atoms with Gasteiger partial charge >= 0.3 is 0 Å². The van der Waals surface area contributed by atoms with Crippen LogP contribution in [0.25, 0.3) is 0 Å². The van der Waals surface area contributed by atoms with Crippen LogP contribution in [0.1, 0.15) is 50.5 Å². The van der Waals surface area contributed by atoms with Crippen molar-refractivity contribution in [1.29, 1.82) is 5.26 Å². The zero-order valence-corrected chi connectivity index (χ0v) is 11.8. The number of aromatic nitrogens is 1. The molecule has 0 radical (unpaired) electrons. The van der Waals surface area contributed by atoms with Gasteiger partial charge in [-0.2, -0.15) is 5.26 Å². The first-order chi connectivity index (χ1) is 9.80. The summed E-state index contributed by atoms with van der Waals surface area (Å²) in [6.45, 7) is 0.841. The average Bonchev–Trinajstić information content (AvgIpc) is 2.49. The second-order valence-corrected chi connectivity index (χ2v) is 5.97. The summed E-state index contributed by atoms with van der Waals surface area (Å²) < 4.78 is 6.11. The number of ether oxygens (including phenoxy) is 1. The molecular formula is C16H21N3O. The number of hydrogen-bond donors (Lipinski definition) is 1. The van der Waals surface area contributed by atoms with Crippen molar-refractivity contribution in [3.8, 4) is 6.07 Å². The summed E-state index contributed by atoms with van der Waals surface area (Å²) in [4.78, 5) is 4.30. The van der Waals surface area contributed by atoms with Crippen LogP contribution in [-0.4, -0.2) is 23.2 Å². The van der Waals surface area contributed by atoms with Crippen LogP contribution in [0.2, 0.25) is 0 Å². The highest BCUT2D eigenvalue weighted by molar-refractivity contribution is 5.39. The maximum Gasteiger partial charge on any atom is 0.126 e. The lowest BCUT2D eigenvalue weighted by atomic mass is 9.78. The van der Waals surface area contributed by atoms with Gasteiger partial charge in [-0.25, -0.2) is 4.98 Å². The van der Waals surface area contributed by atoms with Crippen molar-refractivity contribution >= 4 is 5.82 Å². The summed E-state index contributed by atoms with van der Waals surface area (Å²) >= 11 is 0. The Kier molecular flexibility index (Phi) is 3.88. The molecule has 1 aliphatic carbocycles. The monoisotopic (exact) mass is 271 g/mol. The smallest absolute Gasteiger partial charge is 0.126 e. The highest BCUT2D eigenvalue weighted by Gasteiger charge is 2.38. The van der Waals surface area contributed by atoms with E-state index in [0.717, 1.165) is 25.3 Å². The standard InChI is InChI=1S/C16H21N3O/c17-11-13-4-5-15(18-12-13)19-14-6-9-20-16(10-14)7-2-1-3-8-16/h4-5,12,14H,1-3,6-10H2,(H,18,19)/t14-/m1/s1. The van der Waals surface area contributed by atoms with Crippen molar-refractivity contribution in [2.75, 3.05) is 11.9 Å². The predicted octanol–water partition coefficient (Wildman–Crippen LogP) is 3.25. The van der Waals surface area contributed by atoms with Gasteiger partial charge in [0.1, 0.15) is 11.9 Å². The molecule has 0 unspecified atom stereocenters. The largest absolute Gasteiger partial charge is 0.375 e. The third-order valence-corrected chi connectivity index (χ3v) is 4.50. The van der Waals surface area contributed by atoms with Crippen LogP contribution in [-0.2, 0) is 4.74 Å². The second kappa shape index (κ2) is 5.80. The molecule has 4 nitrogen and oxygen atoms in total.